The molecule has 12 rings (SSSR count). The van der Waals surface area contributed by atoms with Crippen LogP contribution in [0, 0.1) is 38.2 Å². The van der Waals surface area contributed by atoms with Crippen molar-refractivity contribution in [3.8, 4) is 11.3 Å². The summed E-state index contributed by atoms with van der Waals surface area (Å²) in [7, 11) is 5.24. The van der Waals surface area contributed by atoms with Gasteiger partial charge in [-0.2, -0.15) is 74.1 Å². The molecule has 0 fully saturated rings. The molecular weight excluding hydrogens is 1470 g/mol. The molecule has 0 unspecified atom stereocenters. The molecule has 0 amide bonds. The first kappa shape index (κ1) is 56.4. The number of hydrogen-bond donors (Lipinski definition) is 0. The average Bonchev–Trinajstić information content (AvgIpc) is 4.13. The summed E-state index contributed by atoms with van der Waals surface area (Å²) in [4.78, 5) is 21.6. The number of fused-ring (bicyclic) bond motifs is 2. The smallest absolute Gasteiger partial charge is 0.511 e. The van der Waals surface area contributed by atoms with Gasteiger partial charge in [0.15, 0.2) is 0 Å². The maximum atomic E-state index is 4.40. The number of anilines is 6. The number of nitrogens with zero attached hydrogens (tertiary/aromatic N) is 8. The van der Waals surface area contributed by atoms with Gasteiger partial charge in [-0.25, -0.2) is 0 Å². The second kappa shape index (κ2) is 27.5. The summed E-state index contributed by atoms with van der Waals surface area (Å²) < 4.78 is 0. The van der Waals surface area contributed by atoms with E-state index in [1.165, 1.54) is 38.9 Å². The van der Waals surface area contributed by atoms with Crippen LogP contribution in [0.5, 0.6) is 0 Å². The quantitative estimate of drug-likeness (QED) is 0.0938. The fraction of sp³-hybridized carbons (Fsp3) is 0.0952. The summed E-state index contributed by atoms with van der Waals surface area (Å²) in [5.41, 5.74) is 13.6. The number of rotatable bonds is 11. The summed E-state index contributed by atoms with van der Waals surface area (Å²) in [5.74, 6) is 0. The summed E-state index contributed by atoms with van der Waals surface area (Å²) in [6.45, 7) is 7.12. The molecule has 0 spiro atoms. The maximum absolute atomic E-state index is 4.40. The molecule has 3 aliphatic heterocycles. The van der Waals surface area contributed by atoms with Crippen molar-refractivity contribution in [1.29, 1.82) is 0 Å². The van der Waals surface area contributed by atoms with Crippen molar-refractivity contribution in [1.82, 2.24) is 19.8 Å². The van der Waals surface area contributed by atoms with Crippen molar-refractivity contribution in [2.75, 3.05) is 40.7 Å². The molecule has 2 aromatic heterocycles. The number of aromatic nitrogens is 2. The molecule has 0 saturated carbocycles. The number of benzene rings is 7. The zero-order valence-corrected chi connectivity index (χ0v) is 50.5. The SMILES string of the molecule is CN1C=CN(Cc2[c-]c(-c3ccccn3)ccc2)[CH-]1.CN1[CH-]N(c2[c-]c(C[PH+](c3ccccc3)c3ccccc3)ccc2)c2ccccc21.CN1[CH-]N(c2[c-]c(Cc3ccccn3)ccc2)c2ccccc21.[Os+2].[Os+2].[Os+2]. The first-order chi connectivity index (χ1) is 35.4. The van der Waals surface area contributed by atoms with Gasteiger partial charge >= 0.3 is 59.4 Å². The van der Waals surface area contributed by atoms with E-state index in [0.717, 1.165) is 58.6 Å². The molecular formula is C63H56N8Os3P+. The molecule has 0 bridgehead atoms. The van der Waals surface area contributed by atoms with Crippen molar-refractivity contribution in [3.05, 3.63) is 286 Å². The monoisotopic (exact) mass is 1530 g/mol. The molecule has 75 heavy (non-hydrogen) atoms. The van der Waals surface area contributed by atoms with Crippen molar-refractivity contribution in [3.63, 3.8) is 0 Å². The Balaban J connectivity index is 0.000000165. The largest absolute Gasteiger partial charge is 2.00 e. The van der Waals surface area contributed by atoms with Crippen LogP contribution in [-0.4, -0.2) is 40.9 Å². The van der Waals surface area contributed by atoms with E-state index >= 15 is 0 Å². The van der Waals surface area contributed by atoms with Gasteiger partial charge in [-0.05, 0) is 119 Å². The third-order valence-corrected chi connectivity index (χ3v) is 15.3. The van der Waals surface area contributed by atoms with Gasteiger partial charge in [-0.15, -0.1) is 52.3 Å². The topological polar surface area (TPSA) is 45.2 Å². The summed E-state index contributed by atoms with van der Waals surface area (Å²) in [6, 6.07) is 80.3. The molecule has 0 aliphatic carbocycles. The predicted octanol–water partition coefficient (Wildman–Crippen LogP) is 12.6. The van der Waals surface area contributed by atoms with Gasteiger partial charge in [0.2, 0.25) is 0 Å². The van der Waals surface area contributed by atoms with Crippen LogP contribution < -0.4 is 30.2 Å². The standard InChI is InChI=1S/C27H23N2P.C20H17N3.C16H15N3.3Os/c1-28-21-29(27-18-9-8-17-26(27)28)23-12-10-11-22(19-23)20-30(24-13-4-2-5-14-24)25-15-6-3-7-16-25;1-22-15-23(20-11-3-2-10-19(20)22)18-9-6-7-16(14-18)13-17-8-4-5-12-21-17;1-18-9-10-19(13-18)12-14-5-4-6-15(11-14)16-7-2-3-8-17-16;;;/h2-18,21H,20H2,1H3;2-12,15H,13H2,1H3;2-10,13H,12H2,1H3;;;/q3*-2;3*+2/p+1. The van der Waals surface area contributed by atoms with Crippen molar-refractivity contribution in [2.24, 2.45) is 0 Å². The molecule has 0 saturated heterocycles. The third kappa shape index (κ3) is 14.4. The van der Waals surface area contributed by atoms with E-state index in [9.17, 15) is 0 Å². The Labute approximate surface area is 484 Å². The summed E-state index contributed by atoms with van der Waals surface area (Å²) >= 11 is 0. The predicted molar refractivity (Wildman–Crippen MR) is 300 cm³/mol. The Morgan fingerprint density at radius 1 is 0.440 bits per heavy atom. The zero-order valence-electron chi connectivity index (χ0n) is 41.9. The van der Waals surface area contributed by atoms with Gasteiger partial charge in [0.25, 0.3) is 0 Å². The Bertz CT molecular complexity index is 3170. The fourth-order valence-electron chi connectivity index (χ4n) is 9.02. The van der Waals surface area contributed by atoms with Crippen LogP contribution in [0.4, 0.5) is 34.1 Å². The van der Waals surface area contributed by atoms with Gasteiger partial charge in [0.1, 0.15) is 0 Å². The normalized spacial score (nSPS) is 12.9. The van der Waals surface area contributed by atoms with E-state index in [-0.39, 0.29) is 59.4 Å². The van der Waals surface area contributed by atoms with Crippen LogP contribution in [0.25, 0.3) is 11.3 Å². The molecule has 12 heteroatoms. The molecule has 0 radical (unpaired) electrons. The van der Waals surface area contributed by atoms with Gasteiger partial charge < -0.3 is 34.4 Å². The second-order valence-corrected chi connectivity index (χ2v) is 20.2. The molecule has 376 valence electrons. The summed E-state index contributed by atoms with van der Waals surface area (Å²) in [5, 5.41) is 2.87. The van der Waals surface area contributed by atoms with Gasteiger partial charge in [0.05, 0.1) is 24.7 Å². The summed E-state index contributed by atoms with van der Waals surface area (Å²) in [6.07, 6.45) is 9.53. The van der Waals surface area contributed by atoms with Crippen LogP contribution in [0.3, 0.4) is 0 Å². The van der Waals surface area contributed by atoms with Crippen LogP contribution in [-0.2, 0) is 78.5 Å². The van der Waals surface area contributed by atoms with E-state index < -0.39 is 7.92 Å². The van der Waals surface area contributed by atoms with Crippen molar-refractivity contribution >= 4 is 52.7 Å². The zero-order chi connectivity index (χ0) is 49.1. The minimum absolute atomic E-state index is 0. The minimum Gasteiger partial charge on any atom is -0.511 e. The fourth-order valence-corrected chi connectivity index (χ4v) is 11.5. The Kier molecular flexibility index (Phi) is 20.7. The van der Waals surface area contributed by atoms with Gasteiger partial charge in [0, 0.05) is 40.8 Å². The molecule has 7 aromatic carbocycles. The molecule has 8 nitrogen and oxygen atoms in total. The van der Waals surface area contributed by atoms with Crippen LogP contribution in [0.2, 0.25) is 0 Å². The first-order valence-electron chi connectivity index (χ1n) is 24.2. The van der Waals surface area contributed by atoms with E-state index in [0.29, 0.717) is 0 Å². The Morgan fingerprint density at radius 3 is 1.49 bits per heavy atom. The maximum Gasteiger partial charge on any atom is 2.00 e. The van der Waals surface area contributed by atoms with Crippen LogP contribution >= 0.6 is 7.92 Å². The number of pyridine rings is 2. The van der Waals surface area contributed by atoms with E-state index in [1.54, 1.807) is 0 Å². The molecule has 9 aromatic rings. The van der Waals surface area contributed by atoms with E-state index in [2.05, 4.69) is 251 Å². The minimum atomic E-state index is -0.933. The average molecular weight is 1530 g/mol. The Hall–Kier alpha value is -6.28. The van der Waals surface area contributed by atoms with Crippen LogP contribution in [0.15, 0.2) is 225 Å². The first-order valence-corrected chi connectivity index (χ1v) is 25.9. The molecule has 0 atom stereocenters. The molecule has 0 N–H and O–H groups in total. The van der Waals surface area contributed by atoms with Crippen molar-refractivity contribution in [2.45, 2.75) is 19.1 Å². The van der Waals surface area contributed by atoms with Gasteiger partial charge in [-0.3, -0.25) is 4.98 Å². The Morgan fingerprint density at radius 2 is 0.947 bits per heavy atom. The van der Waals surface area contributed by atoms with E-state index in [1.807, 2.05) is 73.0 Å². The number of para-hydroxylation sites is 4. The van der Waals surface area contributed by atoms with E-state index in [4.69, 9.17) is 0 Å². The van der Waals surface area contributed by atoms with Crippen LogP contribution in [0.1, 0.15) is 22.4 Å². The van der Waals surface area contributed by atoms with Crippen molar-refractivity contribution < 1.29 is 59.4 Å². The third-order valence-electron chi connectivity index (χ3n) is 12.5. The number of hydrogen-bond acceptors (Lipinski definition) is 8. The second-order valence-electron chi connectivity index (χ2n) is 17.7. The molecule has 5 heterocycles. The van der Waals surface area contributed by atoms with Gasteiger partial charge in [-0.1, -0.05) is 78.9 Å². The molecule has 3 aliphatic rings.